The van der Waals surface area contributed by atoms with Crippen LogP contribution in [-0.2, 0) is 4.74 Å². The van der Waals surface area contributed by atoms with Gasteiger partial charge in [-0.25, -0.2) is 4.98 Å². The van der Waals surface area contributed by atoms with Crippen molar-refractivity contribution in [1.29, 1.82) is 5.26 Å². The maximum absolute atomic E-state index is 12.8. The lowest BCUT2D eigenvalue weighted by Gasteiger charge is -2.20. The molecular formula is C22H23N3O3. The van der Waals surface area contributed by atoms with Crippen molar-refractivity contribution in [2.75, 3.05) is 26.3 Å². The second-order valence-electron chi connectivity index (χ2n) is 7.51. The van der Waals surface area contributed by atoms with E-state index in [0.717, 1.165) is 24.1 Å². The van der Waals surface area contributed by atoms with Crippen molar-refractivity contribution >= 4 is 5.91 Å². The summed E-state index contributed by atoms with van der Waals surface area (Å²) in [6.45, 7) is 4.65. The second-order valence-corrected chi connectivity index (χ2v) is 7.51. The van der Waals surface area contributed by atoms with Gasteiger partial charge in [0, 0.05) is 36.8 Å². The summed E-state index contributed by atoms with van der Waals surface area (Å²) in [7, 11) is 0. The van der Waals surface area contributed by atoms with Crippen LogP contribution in [0.4, 0.5) is 0 Å². The minimum Gasteiger partial charge on any atom is -0.478 e. The quantitative estimate of drug-likeness (QED) is 0.801. The Morgan fingerprint density at radius 1 is 1.36 bits per heavy atom. The summed E-state index contributed by atoms with van der Waals surface area (Å²) in [5.74, 6) is 1.33. The van der Waals surface area contributed by atoms with Crippen LogP contribution in [0.3, 0.4) is 0 Å². The number of hydrogen-bond acceptors (Lipinski definition) is 5. The molecule has 0 spiro atoms. The van der Waals surface area contributed by atoms with Gasteiger partial charge in [0.1, 0.15) is 6.07 Å². The number of aromatic nitrogens is 1. The largest absolute Gasteiger partial charge is 0.478 e. The van der Waals surface area contributed by atoms with Gasteiger partial charge in [-0.15, -0.1) is 0 Å². The normalized spacial score (nSPS) is 23.3. The van der Waals surface area contributed by atoms with E-state index in [1.165, 1.54) is 6.20 Å². The molecule has 6 nitrogen and oxygen atoms in total. The molecule has 1 aromatic heterocycles. The van der Waals surface area contributed by atoms with Gasteiger partial charge < -0.3 is 14.4 Å². The fraction of sp³-hybridized carbons (Fsp3) is 0.409. The summed E-state index contributed by atoms with van der Waals surface area (Å²) >= 11 is 0. The molecule has 0 bridgehead atoms. The summed E-state index contributed by atoms with van der Waals surface area (Å²) in [5.41, 5.74) is 2.35. The number of ether oxygens (including phenoxy) is 2. The second kappa shape index (κ2) is 7.99. The van der Waals surface area contributed by atoms with Crippen LogP contribution in [0.2, 0.25) is 0 Å². The predicted molar refractivity (Wildman–Crippen MR) is 103 cm³/mol. The molecule has 28 heavy (non-hydrogen) atoms. The number of hydrogen-bond donors (Lipinski definition) is 0. The van der Waals surface area contributed by atoms with E-state index in [0.29, 0.717) is 43.0 Å². The van der Waals surface area contributed by atoms with E-state index in [1.54, 1.807) is 12.1 Å². The molecule has 2 aliphatic rings. The Morgan fingerprint density at radius 2 is 2.25 bits per heavy atom. The van der Waals surface area contributed by atoms with Crippen LogP contribution >= 0.6 is 0 Å². The van der Waals surface area contributed by atoms with Crippen molar-refractivity contribution < 1.29 is 14.3 Å². The monoisotopic (exact) mass is 377 g/mol. The van der Waals surface area contributed by atoms with E-state index in [1.807, 2.05) is 42.2 Å². The van der Waals surface area contributed by atoms with Gasteiger partial charge in [-0.05, 0) is 37.5 Å². The van der Waals surface area contributed by atoms with Crippen LogP contribution < -0.4 is 4.74 Å². The van der Waals surface area contributed by atoms with Gasteiger partial charge in [0.25, 0.3) is 5.91 Å². The van der Waals surface area contributed by atoms with Gasteiger partial charge in [0.2, 0.25) is 5.88 Å². The van der Waals surface area contributed by atoms with E-state index in [9.17, 15) is 4.79 Å². The van der Waals surface area contributed by atoms with Crippen molar-refractivity contribution in [1.82, 2.24) is 9.88 Å². The molecule has 0 unspecified atom stereocenters. The van der Waals surface area contributed by atoms with Gasteiger partial charge >= 0.3 is 0 Å². The first kappa shape index (κ1) is 18.5. The number of fused-ring (bicyclic) bond motifs is 1. The van der Waals surface area contributed by atoms with Gasteiger partial charge in [-0.2, -0.15) is 5.26 Å². The average Bonchev–Trinajstić information content (AvgIpc) is 3.29. The molecule has 1 amide bonds. The zero-order chi connectivity index (χ0) is 19.5. The molecule has 2 saturated heterocycles. The average molecular weight is 377 g/mol. The number of carbonyl (C=O) groups is 1. The number of benzene rings is 1. The molecule has 3 heterocycles. The van der Waals surface area contributed by atoms with Gasteiger partial charge in [0.15, 0.2) is 0 Å². The number of amides is 1. The third-order valence-corrected chi connectivity index (χ3v) is 5.60. The number of nitrogens with zero attached hydrogens (tertiary/aromatic N) is 3. The predicted octanol–water partition coefficient (Wildman–Crippen LogP) is 2.82. The molecule has 4 rings (SSSR count). The fourth-order valence-electron chi connectivity index (χ4n) is 4.07. The van der Waals surface area contributed by atoms with Gasteiger partial charge in [-0.1, -0.05) is 17.7 Å². The molecule has 1 aromatic carbocycles. The van der Waals surface area contributed by atoms with Crippen LogP contribution in [-0.4, -0.2) is 48.2 Å². The van der Waals surface area contributed by atoms with Gasteiger partial charge in [0.05, 0.1) is 24.9 Å². The highest BCUT2D eigenvalue weighted by molar-refractivity contribution is 5.94. The summed E-state index contributed by atoms with van der Waals surface area (Å²) in [4.78, 5) is 18.8. The van der Waals surface area contributed by atoms with Crippen molar-refractivity contribution in [3.05, 3.63) is 59.3 Å². The lowest BCUT2D eigenvalue weighted by atomic mass is 9.91. The van der Waals surface area contributed by atoms with E-state index in [2.05, 4.69) is 4.98 Å². The first-order valence-corrected chi connectivity index (χ1v) is 9.60. The Kier molecular flexibility index (Phi) is 5.27. The Balaban J connectivity index is 1.31. The Hall–Kier alpha value is -2.91. The van der Waals surface area contributed by atoms with Crippen LogP contribution in [0.15, 0.2) is 42.6 Å². The number of rotatable bonds is 5. The standard InChI is InChI=1S/C22H23N3O3/c1-15-3-2-4-17(9-15)22(26)25-12-19-18(14-28-20(19)13-25)7-8-27-21-6-5-16(10-23)11-24-21/h2-6,9,11,18-20H,7-8,12-14H2,1H3/t18-,19-,20-/m0/s1. The van der Waals surface area contributed by atoms with Crippen LogP contribution in [0.5, 0.6) is 5.88 Å². The molecule has 0 aliphatic carbocycles. The van der Waals surface area contributed by atoms with Crippen LogP contribution in [0, 0.1) is 30.1 Å². The molecule has 2 aliphatic heterocycles. The number of aryl methyl sites for hydroxylation is 1. The molecule has 2 aromatic rings. The summed E-state index contributed by atoms with van der Waals surface area (Å²) in [5, 5.41) is 8.81. The highest BCUT2D eigenvalue weighted by atomic mass is 16.5. The molecule has 2 fully saturated rings. The lowest BCUT2D eigenvalue weighted by molar-refractivity contribution is 0.0672. The SMILES string of the molecule is Cc1cccc(C(=O)N2C[C@H]3[C@@H](CCOc4ccc(C#N)cn4)CO[C@H]3C2)c1. The summed E-state index contributed by atoms with van der Waals surface area (Å²) < 4.78 is 11.7. The molecule has 144 valence electrons. The smallest absolute Gasteiger partial charge is 0.253 e. The summed E-state index contributed by atoms with van der Waals surface area (Å²) in [6, 6.07) is 13.2. The van der Waals surface area contributed by atoms with Crippen LogP contribution in [0.1, 0.15) is 27.9 Å². The number of pyridine rings is 1. The lowest BCUT2D eigenvalue weighted by Crippen LogP contribution is -2.31. The first-order chi connectivity index (χ1) is 13.6. The van der Waals surface area contributed by atoms with Crippen LogP contribution in [0.25, 0.3) is 0 Å². The van der Waals surface area contributed by atoms with Crippen molar-refractivity contribution in [2.45, 2.75) is 19.4 Å². The minimum absolute atomic E-state index is 0.0819. The zero-order valence-corrected chi connectivity index (χ0v) is 15.9. The molecule has 0 saturated carbocycles. The number of carbonyl (C=O) groups excluding carboxylic acids is 1. The Bertz CT molecular complexity index is 891. The fourth-order valence-corrected chi connectivity index (χ4v) is 4.07. The highest BCUT2D eigenvalue weighted by Gasteiger charge is 2.45. The van der Waals surface area contributed by atoms with Gasteiger partial charge in [-0.3, -0.25) is 4.79 Å². The first-order valence-electron chi connectivity index (χ1n) is 9.60. The number of nitriles is 1. The minimum atomic E-state index is 0.0819. The van der Waals surface area contributed by atoms with E-state index in [-0.39, 0.29) is 12.0 Å². The maximum atomic E-state index is 12.8. The van der Waals surface area contributed by atoms with E-state index >= 15 is 0 Å². The highest BCUT2D eigenvalue weighted by Crippen LogP contribution is 2.36. The Labute approximate surface area is 164 Å². The van der Waals surface area contributed by atoms with Crippen molar-refractivity contribution in [2.24, 2.45) is 11.8 Å². The zero-order valence-electron chi connectivity index (χ0n) is 15.9. The van der Waals surface area contributed by atoms with Crippen molar-refractivity contribution in [3.63, 3.8) is 0 Å². The van der Waals surface area contributed by atoms with E-state index in [4.69, 9.17) is 14.7 Å². The Morgan fingerprint density at radius 3 is 3.00 bits per heavy atom. The molecule has 3 atom stereocenters. The van der Waals surface area contributed by atoms with E-state index < -0.39 is 0 Å². The molecule has 0 radical (unpaired) electrons. The number of likely N-dealkylation sites (tertiary alicyclic amines) is 1. The third kappa shape index (κ3) is 3.85. The maximum Gasteiger partial charge on any atom is 0.253 e. The van der Waals surface area contributed by atoms with Crippen molar-refractivity contribution in [3.8, 4) is 11.9 Å². The topological polar surface area (TPSA) is 75.5 Å². The molecule has 6 heteroatoms. The summed E-state index contributed by atoms with van der Waals surface area (Å²) in [6.07, 6.45) is 2.48. The molecular weight excluding hydrogens is 354 g/mol. The third-order valence-electron chi connectivity index (χ3n) is 5.60. The molecule has 0 N–H and O–H groups in total.